The van der Waals surface area contributed by atoms with Crippen LogP contribution in [0.1, 0.15) is 22.3 Å². The number of halogens is 2. The number of fused-ring (bicyclic) bond motifs is 3. The molecule has 1 nitrogen and oxygen atoms in total. The molecule has 1 aromatic heterocycles. The first-order valence-corrected chi connectivity index (χ1v) is 8.00. The number of nitrogens with zero attached hydrogens (tertiary/aromatic N) is 1. The Bertz CT molecular complexity index is 944. The molecule has 1 aliphatic rings. The van der Waals surface area contributed by atoms with Crippen molar-refractivity contribution in [1.82, 2.24) is 4.98 Å². The molecule has 0 saturated carbocycles. The maximum atomic E-state index is 15.0. The van der Waals surface area contributed by atoms with Gasteiger partial charge >= 0.3 is 0 Å². The summed E-state index contributed by atoms with van der Waals surface area (Å²) in [5.41, 5.74) is 5.53. The Balaban J connectivity index is 2.02. The highest BCUT2D eigenvalue weighted by atomic mass is 19.3. The molecule has 0 bridgehead atoms. The second-order valence-electron chi connectivity index (χ2n) is 6.42. The molecule has 0 aliphatic heterocycles. The molecule has 3 aromatic rings. The molecule has 0 atom stereocenters. The van der Waals surface area contributed by atoms with Crippen molar-refractivity contribution in [3.63, 3.8) is 0 Å². The number of pyridine rings is 1. The zero-order valence-electron chi connectivity index (χ0n) is 13.6. The van der Waals surface area contributed by atoms with Gasteiger partial charge in [-0.2, -0.15) is 0 Å². The average molecular weight is 321 g/mol. The summed E-state index contributed by atoms with van der Waals surface area (Å²) in [6, 6.07) is 14.7. The molecule has 0 N–H and O–H groups in total. The third kappa shape index (κ3) is 2.23. The van der Waals surface area contributed by atoms with Crippen LogP contribution < -0.4 is 0 Å². The predicted molar refractivity (Wildman–Crippen MR) is 92.2 cm³/mol. The summed E-state index contributed by atoms with van der Waals surface area (Å²) < 4.78 is 29.9. The van der Waals surface area contributed by atoms with E-state index in [1.807, 2.05) is 44.2 Å². The van der Waals surface area contributed by atoms with Crippen molar-refractivity contribution in [3.05, 3.63) is 77.0 Å². The van der Waals surface area contributed by atoms with Gasteiger partial charge in [-0.15, -0.1) is 0 Å². The quantitative estimate of drug-likeness (QED) is 0.562. The lowest BCUT2D eigenvalue weighted by Gasteiger charge is -2.29. The molecule has 0 spiro atoms. The second kappa shape index (κ2) is 5.23. The lowest BCUT2D eigenvalue weighted by Crippen LogP contribution is -2.23. The number of aryl methyl sites for hydroxylation is 2. The van der Waals surface area contributed by atoms with E-state index in [-0.39, 0.29) is 12.0 Å². The number of hydrogen-bond donors (Lipinski definition) is 0. The molecule has 1 aliphatic carbocycles. The van der Waals surface area contributed by atoms with Crippen LogP contribution in [0.25, 0.3) is 22.4 Å². The SMILES string of the molecule is Cc1cnc(-c2cccc3c2C(F)(F)Cc2ccccc2-3)cc1C. The first-order valence-electron chi connectivity index (χ1n) is 8.00. The zero-order chi connectivity index (χ0) is 16.9. The van der Waals surface area contributed by atoms with E-state index >= 15 is 0 Å². The Morgan fingerprint density at radius 3 is 2.38 bits per heavy atom. The first-order chi connectivity index (χ1) is 11.5. The van der Waals surface area contributed by atoms with E-state index in [4.69, 9.17) is 0 Å². The lowest BCUT2D eigenvalue weighted by molar-refractivity contribution is -0.00421. The highest BCUT2D eigenvalue weighted by molar-refractivity contribution is 5.82. The molecule has 0 saturated heterocycles. The molecule has 120 valence electrons. The maximum Gasteiger partial charge on any atom is 0.278 e. The van der Waals surface area contributed by atoms with Crippen LogP contribution in [0.4, 0.5) is 8.78 Å². The molecule has 4 rings (SSSR count). The van der Waals surface area contributed by atoms with Crippen molar-refractivity contribution >= 4 is 0 Å². The number of benzene rings is 2. The molecule has 0 amide bonds. The van der Waals surface area contributed by atoms with Gasteiger partial charge in [0, 0.05) is 23.7 Å². The van der Waals surface area contributed by atoms with Gasteiger partial charge in [0.25, 0.3) is 5.92 Å². The van der Waals surface area contributed by atoms with Gasteiger partial charge in [0.1, 0.15) is 0 Å². The third-order valence-electron chi connectivity index (χ3n) is 4.80. The molecule has 0 unspecified atom stereocenters. The Morgan fingerprint density at radius 2 is 1.58 bits per heavy atom. The Kier molecular flexibility index (Phi) is 3.27. The molecular weight excluding hydrogens is 304 g/mol. The van der Waals surface area contributed by atoms with E-state index < -0.39 is 5.92 Å². The van der Waals surface area contributed by atoms with Crippen LogP contribution in [0, 0.1) is 13.8 Å². The zero-order valence-corrected chi connectivity index (χ0v) is 13.6. The van der Waals surface area contributed by atoms with Gasteiger partial charge in [-0.1, -0.05) is 42.5 Å². The summed E-state index contributed by atoms with van der Waals surface area (Å²) in [6.07, 6.45) is 1.48. The van der Waals surface area contributed by atoms with Crippen LogP contribution in [0.15, 0.2) is 54.7 Å². The van der Waals surface area contributed by atoms with Crippen LogP contribution in [0.3, 0.4) is 0 Å². The van der Waals surface area contributed by atoms with E-state index in [2.05, 4.69) is 4.98 Å². The van der Waals surface area contributed by atoms with Crippen LogP contribution in [0.5, 0.6) is 0 Å². The minimum Gasteiger partial charge on any atom is -0.256 e. The lowest BCUT2D eigenvalue weighted by atomic mass is 9.80. The van der Waals surface area contributed by atoms with Crippen LogP contribution >= 0.6 is 0 Å². The van der Waals surface area contributed by atoms with Gasteiger partial charge in [0.15, 0.2) is 0 Å². The third-order valence-corrected chi connectivity index (χ3v) is 4.80. The van der Waals surface area contributed by atoms with Gasteiger partial charge in [0.05, 0.1) is 5.69 Å². The number of hydrogen-bond acceptors (Lipinski definition) is 1. The van der Waals surface area contributed by atoms with Gasteiger partial charge < -0.3 is 0 Å². The van der Waals surface area contributed by atoms with Crippen molar-refractivity contribution < 1.29 is 8.78 Å². The fraction of sp³-hybridized carbons (Fsp3) is 0.190. The van der Waals surface area contributed by atoms with Gasteiger partial charge in [-0.25, -0.2) is 8.78 Å². The topological polar surface area (TPSA) is 12.9 Å². The minimum atomic E-state index is -2.90. The van der Waals surface area contributed by atoms with Crippen molar-refractivity contribution in [1.29, 1.82) is 0 Å². The molecule has 3 heteroatoms. The Morgan fingerprint density at radius 1 is 0.875 bits per heavy atom. The van der Waals surface area contributed by atoms with Crippen molar-refractivity contribution in [2.75, 3.05) is 0 Å². The fourth-order valence-electron chi connectivity index (χ4n) is 3.42. The monoisotopic (exact) mass is 321 g/mol. The molecule has 1 heterocycles. The van der Waals surface area contributed by atoms with Gasteiger partial charge in [-0.3, -0.25) is 4.98 Å². The summed E-state index contributed by atoms with van der Waals surface area (Å²) in [6.45, 7) is 3.95. The average Bonchev–Trinajstić information content (AvgIpc) is 2.56. The molecular formula is C21H17F2N. The van der Waals surface area contributed by atoms with E-state index in [0.717, 1.165) is 16.7 Å². The van der Waals surface area contributed by atoms with Crippen molar-refractivity contribution in [3.8, 4) is 22.4 Å². The number of rotatable bonds is 1. The maximum absolute atomic E-state index is 15.0. The van der Waals surface area contributed by atoms with E-state index in [0.29, 0.717) is 22.4 Å². The normalized spacial score (nSPS) is 14.8. The van der Waals surface area contributed by atoms with Crippen LogP contribution in [0.2, 0.25) is 0 Å². The number of aromatic nitrogens is 1. The summed E-state index contributed by atoms with van der Waals surface area (Å²) in [4.78, 5) is 4.41. The largest absolute Gasteiger partial charge is 0.278 e. The van der Waals surface area contributed by atoms with E-state index in [9.17, 15) is 8.78 Å². The Labute approximate surface area is 140 Å². The summed E-state index contributed by atoms with van der Waals surface area (Å²) >= 11 is 0. The van der Waals surface area contributed by atoms with Crippen molar-refractivity contribution in [2.24, 2.45) is 0 Å². The van der Waals surface area contributed by atoms with Gasteiger partial charge in [-0.05, 0) is 47.7 Å². The summed E-state index contributed by atoms with van der Waals surface area (Å²) in [5, 5.41) is 0. The Hall–Kier alpha value is -2.55. The molecule has 2 aromatic carbocycles. The predicted octanol–water partition coefficient (Wildman–Crippen LogP) is 5.68. The van der Waals surface area contributed by atoms with Crippen molar-refractivity contribution in [2.45, 2.75) is 26.2 Å². The van der Waals surface area contributed by atoms with Gasteiger partial charge in [0.2, 0.25) is 0 Å². The molecule has 24 heavy (non-hydrogen) atoms. The molecule has 0 fully saturated rings. The summed E-state index contributed by atoms with van der Waals surface area (Å²) in [7, 11) is 0. The first kappa shape index (κ1) is 15.0. The van der Waals surface area contributed by atoms with Crippen LogP contribution in [-0.4, -0.2) is 4.98 Å². The second-order valence-corrected chi connectivity index (χ2v) is 6.42. The fourth-order valence-corrected chi connectivity index (χ4v) is 3.42. The van der Waals surface area contributed by atoms with E-state index in [1.165, 1.54) is 0 Å². The highest BCUT2D eigenvalue weighted by Crippen LogP contribution is 2.48. The van der Waals surface area contributed by atoms with Crippen LogP contribution in [-0.2, 0) is 12.3 Å². The number of alkyl halides is 2. The summed E-state index contributed by atoms with van der Waals surface area (Å²) in [5.74, 6) is -2.90. The smallest absolute Gasteiger partial charge is 0.256 e. The highest BCUT2D eigenvalue weighted by Gasteiger charge is 2.41. The van der Waals surface area contributed by atoms with E-state index in [1.54, 1.807) is 24.4 Å². The standard InChI is InChI=1S/C21H17F2N/c1-13-10-19(24-12-14(13)2)18-9-5-8-17-16-7-4-3-6-15(16)11-21(22,23)20(17)18/h3-10,12H,11H2,1-2H3. The minimum absolute atomic E-state index is 0.0967. The molecule has 0 radical (unpaired) electrons.